The van der Waals surface area contributed by atoms with E-state index in [-0.39, 0.29) is 11.6 Å². The fraction of sp³-hybridized carbons (Fsp3) is 0.100. The van der Waals surface area contributed by atoms with Gasteiger partial charge in [-0.25, -0.2) is 9.79 Å². The molecular weight excluding hydrogens is 338 g/mol. The molecule has 4 nitrogen and oxygen atoms in total. The highest BCUT2D eigenvalue weighted by Crippen LogP contribution is 2.21. The summed E-state index contributed by atoms with van der Waals surface area (Å²) < 4.78 is 10.8. The lowest BCUT2D eigenvalue weighted by Crippen LogP contribution is -2.05. The lowest BCUT2D eigenvalue weighted by atomic mass is 10.2. The number of esters is 1. The second kappa shape index (κ2) is 7.36. The van der Waals surface area contributed by atoms with E-state index in [1.807, 2.05) is 31.2 Å². The van der Waals surface area contributed by atoms with Gasteiger partial charge < -0.3 is 9.47 Å². The lowest BCUT2D eigenvalue weighted by Gasteiger charge is -2.05. The van der Waals surface area contributed by atoms with Gasteiger partial charge in [-0.1, -0.05) is 30.3 Å². The van der Waals surface area contributed by atoms with Crippen LogP contribution in [0.2, 0.25) is 5.02 Å². The van der Waals surface area contributed by atoms with Gasteiger partial charge in [0.2, 0.25) is 5.90 Å². The summed E-state index contributed by atoms with van der Waals surface area (Å²) in [7, 11) is 0. The van der Waals surface area contributed by atoms with E-state index in [0.29, 0.717) is 17.2 Å². The van der Waals surface area contributed by atoms with Gasteiger partial charge in [-0.15, -0.1) is 0 Å². The van der Waals surface area contributed by atoms with Crippen molar-refractivity contribution >= 4 is 29.5 Å². The molecule has 0 bridgehead atoms. The Hall–Kier alpha value is -2.85. The van der Waals surface area contributed by atoms with Crippen molar-refractivity contribution in [2.24, 2.45) is 4.99 Å². The van der Waals surface area contributed by atoms with Crippen LogP contribution in [0.5, 0.6) is 5.75 Å². The Bertz CT molecular complexity index is 865. The van der Waals surface area contributed by atoms with E-state index in [9.17, 15) is 4.79 Å². The quantitative estimate of drug-likeness (QED) is 0.447. The number of rotatable bonds is 5. The smallest absolute Gasteiger partial charge is 0.363 e. The molecule has 0 atom stereocenters. The predicted octanol–water partition coefficient (Wildman–Crippen LogP) is 4.64. The van der Waals surface area contributed by atoms with Crippen LogP contribution in [-0.2, 0) is 9.53 Å². The highest BCUT2D eigenvalue weighted by atomic mass is 35.5. The molecule has 0 amide bonds. The Morgan fingerprint density at radius 2 is 1.88 bits per heavy atom. The molecule has 1 heterocycles. The summed E-state index contributed by atoms with van der Waals surface area (Å²) in [6, 6.07) is 14.3. The van der Waals surface area contributed by atoms with Crippen molar-refractivity contribution < 1.29 is 14.3 Å². The van der Waals surface area contributed by atoms with Crippen molar-refractivity contribution in [3.05, 3.63) is 82.5 Å². The zero-order valence-corrected chi connectivity index (χ0v) is 14.4. The third-order valence-corrected chi connectivity index (χ3v) is 3.63. The largest absolute Gasteiger partial charge is 0.489 e. The Kier molecular flexibility index (Phi) is 5.00. The van der Waals surface area contributed by atoms with Crippen LogP contribution < -0.4 is 4.74 Å². The zero-order chi connectivity index (χ0) is 17.8. The van der Waals surface area contributed by atoms with Crippen molar-refractivity contribution in [3.63, 3.8) is 0 Å². The maximum absolute atomic E-state index is 12.0. The molecule has 0 radical (unpaired) electrons. The molecule has 0 saturated carbocycles. The Morgan fingerprint density at radius 3 is 2.52 bits per heavy atom. The summed E-state index contributed by atoms with van der Waals surface area (Å²) in [4.78, 5) is 16.3. The fourth-order valence-electron chi connectivity index (χ4n) is 2.15. The molecule has 1 aliphatic heterocycles. The predicted molar refractivity (Wildman–Crippen MR) is 98.8 cm³/mol. The van der Waals surface area contributed by atoms with Crippen LogP contribution in [0.25, 0.3) is 6.08 Å². The fourth-order valence-corrected chi connectivity index (χ4v) is 2.28. The van der Waals surface area contributed by atoms with E-state index >= 15 is 0 Å². The van der Waals surface area contributed by atoms with Crippen molar-refractivity contribution in [1.29, 1.82) is 0 Å². The van der Waals surface area contributed by atoms with Crippen LogP contribution in [0.15, 0.2) is 71.4 Å². The average Bonchev–Trinajstić information content (AvgIpc) is 2.95. The summed E-state index contributed by atoms with van der Waals surface area (Å²) in [6.45, 7) is 6.17. The molecular formula is C20H16ClNO3. The second-order valence-electron chi connectivity index (χ2n) is 5.66. The molecule has 0 aliphatic carbocycles. The molecule has 0 saturated heterocycles. The molecule has 0 unspecified atom stereocenters. The van der Waals surface area contributed by atoms with Crippen LogP contribution in [0.4, 0.5) is 0 Å². The number of carbonyl (C=O) groups is 1. The third-order valence-electron chi connectivity index (χ3n) is 3.38. The van der Waals surface area contributed by atoms with Crippen molar-refractivity contribution in [2.75, 3.05) is 6.61 Å². The van der Waals surface area contributed by atoms with E-state index in [0.717, 1.165) is 16.9 Å². The number of hydrogen-bond acceptors (Lipinski definition) is 4. The molecule has 5 heteroatoms. The molecule has 0 N–H and O–H groups in total. The second-order valence-corrected chi connectivity index (χ2v) is 6.09. The van der Waals surface area contributed by atoms with E-state index < -0.39 is 5.97 Å². The maximum Gasteiger partial charge on any atom is 0.363 e. The van der Waals surface area contributed by atoms with E-state index in [1.165, 1.54) is 0 Å². The topological polar surface area (TPSA) is 47.9 Å². The number of hydrogen-bond donors (Lipinski definition) is 0. The first-order valence-corrected chi connectivity index (χ1v) is 8.05. The van der Waals surface area contributed by atoms with Gasteiger partial charge in [0, 0.05) is 10.6 Å². The lowest BCUT2D eigenvalue weighted by molar-refractivity contribution is -0.129. The first kappa shape index (κ1) is 17.0. The average molecular weight is 354 g/mol. The molecule has 1 aliphatic rings. The molecule has 2 aromatic rings. The summed E-state index contributed by atoms with van der Waals surface area (Å²) in [5, 5.41) is 0.610. The molecule has 25 heavy (non-hydrogen) atoms. The maximum atomic E-state index is 12.0. The van der Waals surface area contributed by atoms with Crippen LogP contribution in [0.1, 0.15) is 18.1 Å². The minimum atomic E-state index is -0.479. The molecule has 0 spiro atoms. The minimum absolute atomic E-state index is 0.251. The Balaban J connectivity index is 1.77. The zero-order valence-electron chi connectivity index (χ0n) is 13.7. The Labute approximate surface area is 151 Å². The SMILES string of the molecule is C=C(C)COc1ccc(/C=C2\N=C(c3ccc(Cl)cc3)OC2=O)cc1. The van der Waals surface area contributed by atoms with E-state index in [4.69, 9.17) is 21.1 Å². The molecule has 3 rings (SSSR count). The van der Waals surface area contributed by atoms with Crippen molar-refractivity contribution in [3.8, 4) is 5.75 Å². The highest BCUT2D eigenvalue weighted by molar-refractivity contribution is 6.30. The molecule has 126 valence electrons. The van der Waals surface area contributed by atoms with Crippen LogP contribution in [0.3, 0.4) is 0 Å². The van der Waals surface area contributed by atoms with Gasteiger partial charge in [0.1, 0.15) is 12.4 Å². The summed E-state index contributed by atoms with van der Waals surface area (Å²) in [5.74, 6) is 0.534. The van der Waals surface area contributed by atoms with Gasteiger partial charge in [0.15, 0.2) is 5.70 Å². The van der Waals surface area contributed by atoms with Crippen LogP contribution in [-0.4, -0.2) is 18.5 Å². The molecule has 0 aromatic heterocycles. The first-order chi connectivity index (χ1) is 12.0. The van der Waals surface area contributed by atoms with Gasteiger partial charge in [0.25, 0.3) is 0 Å². The van der Waals surface area contributed by atoms with Gasteiger partial charge in [-0.05, 0) is 60.5 Å². The number of cyclic esters (lactones) is 1. The number of ether oxygens (including phenoxy) is 2. The normalized spacial score (nSPS) is 15.0. The van der Waals surface area contributed by atoms with Gasteiger partial charge in [0.05, 0.1) is 0 Å². The standard InChI is InChI=1S/C20H16ClNO3/c1-13(2)12-24-17-9-3-14(4-10-17)11-18-20(23)25-19(22-18)15-5-7-16(21)8-6-15/h3-11H,1,12H2,2H3/b18-11-. The summed E-state index contributed by atoms with van der Waals surface area (Å²) in [6.07, 6.45) is 1.67. The van der Waals surface area contributed by atoms with Gasteiger partial charge in [-0.3, -0.25) is 0 Å². The molecule has 0 fully saturated rings. The number of halogens is 1. The van der Waals surface area contributed by atoms with Crippen LogP contribution in [0, 0.1) is 0 Å². The summed E-state index contributed by atoms with van der Waals surface area (Å²) >= 11 is 5.86. The number of carbonyl (C=O) groups excluding carboxylic acids is 1. The van der Waals surface area contributed by atoms with Crippen molar-refractivity contribution in [1.82, 2.24) is 0 Å². The Morgan fingerprint density at radius 1 is 1.20 bits per heavy atom. The van der Waals surface area contributed by atoms with E-state index in [2.05, 4.69) is 11.6 Å². The number of aliphatic imine (C=N–C) groups is 1. The third kappa shape index (κ3) is 4.37. The monoisotopic (exact) mass is 353 g/mol. The van der Waals surface area contributed by atoms with E-state index in [1.54, 1.807) is 30.3 Å². The molecule has 2 aromatic carbocycles. The summed E-state index contributed by atoms with van der Waals surface area (Å²) in [5.41, 5.74) is 2.73. The van der Waals surface area contributed by atoms with Gasteiger partial charge >= 0.3 is 5.97 Å². The number of benzene rings is 2. The highest BCUT2D eigenvalue weighted by Gasteiger charge is 2.24. The van der Waals surface area contributed by atoms with Gasteiger partial charge in [-0.2, -0.15) is 0 Å². The van der Waals surface area contributed by atoms with Crippen LogP contribution >= 0.6 is 11.6 Å². The first-order valence-electron chi connectivity index (χ1n) is 7.67. The minimum Gasteiger partial charge on any atom is -0.489 e. The number of nitrogens with zero attached hydrogens (tertiary/aromatic N) is 1. The van der Waals surface area contributed by atoms with Crippen molar-refractivity contribution in [2.45, 2.75) is 6.92 Å².